The van der Waals surface area contributed by atoms with E-state index in [4.69, 9.17) is 5.26 Å². The number of fused-ring (bicyclic) bond motifs is 1. The van der Waals surface area contributed by atoms with Gasteiger partial charge in [-0.05, 0) is 40.2 Å². The largest absolute Gasteiger partial charge is 0.352 e. The summed E-state index contributed by atoms with van der Waals surface area (Å²) in [5.74, 6) is 0. The molecule has 3 rings (SSSR count). The Labute approximate surface area is 124 Å². The Bertz CT molecular complexity index is 806. The van der Waals surface area contributed by atoms with E-state index in [0.29, 0.717) is 5.69 Å². The maximum atomic E-state index is 8.74. The van der Waals surface area contributed by atoms with Gasteiger partial charge in [0.1, 0.15) is 11.8 Å². The maximum Gasteiger partial charge on any atom is 0.140 e. The third-order valence-corrected chi connectivity index (χ3v) is 3.27. The molecule has 0 saturated carbocycles. The molecule has 3 aromatic rings. The summed E-state index contributed by atoms with van der Waals surface area (Å²) in [6, 6.07) is 13.5. The van der Waals surface area contributed by atoms with Crippen LogP contribution in [0.1, 0.15) is 5.69 Å². The standard InChI is InChI=1S/C15H9BrN4/c16-11-6-10-2-1-3-14(15(10)19-8-11)20-13-5-4-12(7-17)18-9-13/h1-6,8-9,20H. The molecule has 20 heavy (non-hydrogen) atoms. The second-order valence-corrected chi connectivity index (χ2v) is 5.12. The molecular formula is C15H9BrN4. The molecule has 1 N–H and O–H groups in total. The fourth-order valence-corrected chi connectivity index (χ4v) is 2.27. The minimum absolute atomic E-state index is 0.399. The Balaban J connectivity index is 2.00. The quantitative estimate of drug-likeness (QED) is 0.773. The van der Waals surface area contributed by atoms with Crippen LogP contribution in [0.2, 0.25) is 0 Å². The lowest BCUT2D eigenvalue weighted by atomic mass is 10.2. The molecule has 0 unspecified atom stereocenters. The number of para-hydroxylation sites is 1. The second kappa shape index (κ2) is 5.27. The molecule has 0 fully saturated rings. The SMILES string of the molecule is N#Cc1ccc(Nc2cccc3cc(Br)cnc23)cn1. The van der Waals surface area contributed by atoms with E-state index < -0.39 is 0 Å². The number of rotatable bonds is 2. The van der Waals surface area contributed by atoms with Crippen molar-refractivity contribution in [2.24, 2.45) is 0 Å². The number of nitriles is 1. The number of nitrogens with one attached hydrogen (secondary N) is 1. The van der Waals surface area contributed by atoms with E-state index in [0.717, 1.165) is 26.8 Å². The summed E-state index contributed by atoms with van der Waals surface area (Å²) < 4.78 is 0.946. The van der Waals surface area contributed by atoms with Gasteiger partial charge in [-0.2, -0.15) is 5.26 Å². The summed E-state index contributed by atoms with van der Waals surface area (Å²) in [5, 5.41) is 13.1. The number of aromatic nitrogens is 2. The number of benzene rings is 1. The number of pyridine rings is 2. The molecule has 0 aliphatic heterocycles. The van der Waals surface area contributed by atoms with Crippen LogP contribution in [0.4, 0.5) is 11.4 Å². The Kier molecular flexibility index (Phi) is 3.32. The Morgan fingerprint density at radius 1 is 1.10 bits per heavy atom. The summed E-state index contributed by atoms with van der Waals surface area (Å²) in [5.41, 5.74) is 3.01. The first-order valence-electron chi connectivity index (χ1n) is 5.94. The van der Waals surface area contributed by atoms with Crippen molar-refractivity contribution < 1.29 is 0 Å². The molecule has 5 heteroatoms. The number of anilines is 2. The molecule has 0 aliphatic rings. The van der Waals surface area contributed by atoms with Gasteiger partial charge in [-0.25, -0.2) is 4.98 Å². The maximum absolute atomic E-state index is 8.74. The van der Waals surface area contributed by atoms with E-state index in [1.54, 1.807) is 18.5 Å². The van der Waals surface area contributed by atoms with Crippen molar-refractivity contribution in [1.82, 2.24) is 9.97 Å². The predicted molar refractivity (Wildman–Crippen MR) is 81.7 cm³/mol. The molecule has 4 nitrogen and oxygen atoms in total. The second-order valence-electron chi connectivity index (χ2n) is 4.20. The predicted octanol–water partition coefficient (Wildman–Crippen LogP) is 4.01. The van der Waals surface area contributed by atoms with Gasteiger partial charge in [0.05, 0.1) is 23.1 Å². The van der Waals surface area contributed by atoms with E-state index in [2.05, 4.69) is 31.2 Å². The normalized spacial score (nSPS) is 10.2. The van der Waals surface area contributed by atoms with Gasteiger partial charge >= 0.3 is 0 Å². The Morgan fingerprint density at radius 2 is 2.00 bits per heavy atom. The minimum atomic E-state index is 0.399. The molecule has 0 spiro atoms. The highest BCUT2D eigenvalue weighted by molar-refractivity contribution is 9.10. The van der Waals surface area contributed by atoms with Crippen LogP contribution in [0.3, 0.4) is 0 Å². The van der Waals surface area contributed by atoms with Crippen LogP contribution in [0.25, 0.3) is 10.9 Å². The summed E-state index contributed by atoms with van der Waals surface area (Å²) >= 11 is 3.42. The zero-order valence-corrected chi connectivity index (χ0v) is 11.9. The monoisotopic (exact) mass is 324 g/mol. The van der Waals surface area contributed by atoms with Crippen molar-refractivity contribution in [3.63, 3.8) is 0 Å². The highest BCUT2D eigenvalue weighted by atomic mass is 79.9. The summed E-state index contributed by atoms with van der Waals surface area (Å²) in [7, 11) is 0. The van der Waals surface area contributed by atoms with E-state index in [9.17, 15) is 0 Å². The molecule has 2 heterocycles. The molecule has 1 aromatic carbocycles. The molecule has 0 aliphatic carbocycles. The molecule has 0 amide bonds. The van der Waals surface area contributed by atoms with Crippen LogP contribution in [0, 0.1) is 11.3 Å². The topological polar surface area (TPSA) is 61.6 Å². The van der Waals surface area contributed by atoms with Crippen LogP contribution in [0.5, 0.6) is 0 Å². The highest BCUT2D eigenvalue weighted by Crippen LogP contribution is 2.26. The molecular weight excluding hydrogens is 316 g/mol. The van der Waals surface area contributed by atoms with Gasteiger partial charge in [-0.1, -0.05) is 12.1 Å². The van der Waals surface area contributed by atoms with Crippen LogP contribution in [-0.4, -0.2) is 9.97 Å². The van der Waals surface area contributed by atoms with Gasteiger partial charge in [0.25, 0.3) is 0 Å². The fraction of sp³-hybridized carbons (Fsp3) is 0. The average molecular weight is 325 g/mol. The van der Waals surface area contributed by atoms with Gasteiger partial charge in [-0.3, -0.25) is 4.98 Å². The van der Waals surface area contributed by atoms with Crippen molar-refractivity contribution in [2.75, 3.05) is 5.32 Å². The third kappa shape index (κ3) is 2.46. The Hall–Kier alpha value is -2.45. The molecule has 0 saturated heterocycles. The Morgan fingerprint density at radius 3 is 2.75 bits per heavy atom. The lowest BCUT2D eigenvalue weighted by Crippen LogP contribution is -1.94. The molecule has 2 aromatic heterocycles. The van der Waals surface area contributed by atoms with Gasteiger partial charge < -0.3 is 5.32 Å². The van der Waals surface area contributed by atoms with E-state index in [-0.39, 0.29) is 0 Å². The summed E-state index contributed by atoms with van der Waals surface area (Å²) in [4.78, 5) is 8.46. The molecule has 0 bridgehead atoms. The van der Waals surface area contributed by atoms with Crippen molar-refractivity contribution in [2.45, 2.75) is 0 Å². The zero-order chi connectivity index (χ0) is 13.9. The molecule has 0 atom stereocenters. The van der Waals surface area contributed by atoms with E-state index in [1.165, 1.54) is 0 Å². The van der Waals surface area contributed by atoms with Crippen molar-refractivity contribution in [3.05, 3.63) is 59.0 Å². The minimum Gasteiger partial charge on any atom is -0.352 e. The highest BCUT2D eigenvalue weighted by Gasteiger charge is 2.03. The number of hydrogen-bond acceptors (Lipinski definition) is 4. The summed E-state index contributed by atoms with van der Waals surface area (Å²) in [6.45, 7) is 0. The first-order chi connectivity index (χ1) is 9.76. The smallest absolute Gasteiger partial charge is 0.140 e. The van der Waals surface area contributed by atoms with E-state index >= 15 is 0 Å². The average Bonchev–Trinajstić information content (AvgIpc) is 2.48. The van der Waals surface area contributed by atoms with Gasteiger partial charge in [-0.15, -0.1) is 0 Å². The number of halogens is 1. The number of hydrogen-bond donors (Lipinski definition) is 1. The van der Waals surface area contributed by atoms with Crippen molar-refractivity contribution in [3.8, 4) is 6.07 Å². The summed E-state index contributed by atoms with van der Waals surface area (Å²) in [6.07, 6.45) is 3.40. The lowest BCUT2D eigenvalue weighted by molar-refractivity contribution is 1.26. The van der Waals surface area contributed by atoms with Crippen molar-refractivity contribution in [1.29, 1.82) is 5.26 Å². The van der Waals surface area contributed by atoms with Crippen molar-refractivity contribution >= 4 is 38.2 Å². The number of nitrogens with zero attached hydrogens (tertiary/aromatic N) is 3. The van der Waals surface area contributed by atoms with Gasteiger partial charge in [0.2, 0.25) is 0 Å². The first kappa shape index (κ1) is 12.6. The van der Waals surface area contributed by atoms with Crippen LogP contribution in [0.15, 0.2) is 53.3 Å². The fourth-order valence-electron chi connectivity index (χ4n) is 1.92. The van der Waals surface area contributed by atoms with Crippen LogP contribution >= 0.6 is 15.9 Å². The first-order valence-corrected chi connectivity index (χ1v) is 6.73. The van der Waals surface area contributed by atoms with Gasteiger partial charge in [0.15, 0.2) is 0 Å². The van der Waals surface area contributed by atoms with Gasteiger partial charge in [0, 0.05) is 16.1 Å². The van der Waals surface area contributed by atoms with Crippen LogP contribution in [-0.2, 0) is 0 Å². The third-order valence-electron chi connectivity index (χ3n) is 2.83. The van der Waals surface area contributed by atoms with E-state index in [1.807, 2.05) is 36.4 Å². The zero-order valence-electron chi connectivity index (χ0n) is 10.3. The van der Waals surface area contributed by atoms with Crippen LogP contribution < -0.4 is 5.32 Å². The molecule has 96 valence electrons. The molecule has 0 radical (unpaired) electrons. The lowest BCUT2D eigenvalue weighted by Gasteiger charge is -2.09.